The van der Waals surface area contributed by atoms with Crippen LogP contribution in [0, 0.1) is 0 Å². The first-order valence-electron chi connectivity index (χ1n) is 16.3. The number of hydrogen-bond acceptors (Lipinski definition) is 0. The van der Waals surface area contributed by atoms with Gasteiger partial charge in [0.1, 0.15) is 0 Å². The molecule has 47 heavy (non-hydrogen) atoms. The van der Waals surface area contributed by atoms with Crippen molar-refractivity contribution in [2.75, 3.05) is 0 Å². The van der Waals surface area contributed by atoms with E-state index in [1.807, 2.05) is 0 Å². The monoisotopic (exact) mass is 729 g/mol. The third-order valence-corrected chi connectivity index (χ3v) is 25.8. The van der Waals surface area contributed by atoms with Crippen LogP contribution in [-0.4, -0.2) is 43.1 Å². The Morgan fingerprint density at radius 3 is 0.702 bits per heavy atom. The van der Waals surface area contributed by atoms with E-state index >= 15 is 0 Å². The van der Waals surface area contributed by atoms with E-state index in [0.717, 1.165) is 0 Å². The normalized spacial score (nSPS) is 12.7. The van der Waals surface area contributed by atoms with Crippen LogP contribution >= 0.6 is 14.4 Å². The van der Waals surface area contributed by atoms with Crippen molar-refractivity contribution in [3.8, 4) is 0 Å². The van der Waals surface area contributed by atoms with E-state index < -0.39 is 47.4 Å². The van der Waals surface area contributed by atoms with Crippen LogP contribution in [0.3, 0.4) is 0 Å². The number of nitrogens with one attached hydrogen (secondary N) is 2. The molecule has 0 fully saturated rings. The Bertz CT molecular complexity index is 1420. The van der Waals surface area contributed by atoms with E-state index in [1.165, 1.54) is 21.2 Å². The number of hydrogen-bond donors (Lipinski definition) is 2. The summed E-state index contributed by atoms with van der Waals surface area (Å²) in [5, 5.41) is 5.37. The predicted octanol–water partition coefficient (Wildman–Crippen LogP) is 7.37. The van der Waals surface area contributed by atoms with Gasteiger partial charge in [0.25, 0.3) is 0 Å². The van der Waals surface area contributed by atoms with Gasteiger partial charge < -0.3 is 18.3 Å². The molecule has 0 atom stereocenters. The molecule has 0 aliphatic rings. The van der Waals surface area contributed by atoms with E-state index in [1.54, 1.807) is 0 Å². The van der Waals surface area contributed by atoms with Gasteiger partial charge in [0, 0.05) is 35.6 Å². The van der Waals surface area contributed by atoms with Crippen molar-refractivity contribution >= 4 is 78.7 Å². The summed E-state index contributed by atoms with van der Waals surface area (Å²) in [5.74, 6) is 0. The summed E-state index contributed by atoms with van der Waals surface area (Å²) in [6.07, 6.45) is 0. The Morgan fingerprint density at radius 1 is 0.362 bits per heavy atom. The first-order valence-corrected chi connectivity index (χ1v) is 33.7. The summed E-state index contributed by atoms with van der Waals surface area (Å²) in [7, 11) is -10.2. The third kappa shape index (κ3) is 12.9. The molecule has 0 aliphatic heterocycles. The number of rotatable bonds is 10. The van der Waals surface area contributed by atoms with Crippen molar-refractivity contribution in [2.45, 2.75) is 78.6 Å². The van der Waals surface area contributed by atoms with Crippen molar-refractivity contribution in [3.63, 3.8) is 0 Å². The second-order valence-electron chi connectivity index (χ2n) is 15.9. The van der Waals surface area contributed by atoms with Gasteiger partial charge in [-0.15, -0.1) is 0 Å². The van der Waals surface area contributed by atoms with E-state index in [9.17, 15) is 0 Å². The Labute approximate surface area is 295 Å². The van der Waals surface area contributed by atoms with Crippen molar-refractivity contribution in [2.24, 2.45) is 0 Å². The molecule has 4 rings (SSSR count). The molecule has 248 valence electrons. The Morgan fingerprint density at radius 2 is 0.553 bits per heavy atom. The molecule has 2 N–H and O–H groups in total. The van der Waals surface area contributed by atoms with Crippen LogP contribution in [0.25, 0.3) is 9.51 Å². The summed E-state index contributed by atoms with van der Waals surface area (Å²) in [6, 6.07) is 43.4. The fourth-order valence-electron chi connectivity index (χ4n) is 5.28. The molecular weight excluding hydrogens is 672 g/mol. The minimum atomic E-state index is -1.95. The maximum Gasteiger partial charge on any atom is 2.00 e. The molecule has 0 aromatic heterocycles. The Balaban J connectivity index is 0.000000320. The largest absolute Gasteiger partial charge is 2.00 e. The van der Waals surface area contributed by atoms with Crippen LogP contribution in [0.5, 0.6) is 0 Å². The SMILES string of the molecule is C[Si](C)(C)[N-]P(=[NH+][Si](C)(C)C)(c1ccccc1)c1ccccc1.C[Si](C)(C)[N-]P(=[NH+][Si](C)(C)C)(c1ccccc1)c1ccccc1.[Be+2]. The summed E-state index contributed by atoms with van der Waals surface area (Å²) >= 11 is 0. The molecule has 0 bridgehead atoms. The third-order valence-electron chi connectivity index (χ3n) is 6.41. The van der Waals surface area contributed by atoms with Gasteiger partial charge in [-0.05, 0) is 39.3 Å². The van der Waals surface area contributed by atoms with Gasteiger partial charge in [-0.3, -0.25) is 0 Å². The molecule has 0 amide bonds. The fourth-order valence-corrected chi connectivity index (χ4v) is 28.5. The zero-order valence-corrected chi connectivity index (χ0v) is 36.8. The van der Waals surface area contributed by atoms with Crippen LogP contribution < -0.4 is 30.0 Å². The van der Waals surface area contributed by atoms with E-state index in [-0.39, 0.29) is 10.1 Å². The van der Waals surface area contributed by atoms with Crippen LogP contribution in [-0.2, 0) is 0 Å². The molecule has 0 radical (unpaired) electrons. The topological polar surface area (TPSA) is 56.1 Å². The van der Waals surface area contributed by atoms with Gasteiger partial charge in [-0.2, -0.15) is 0 Å². The van der Waals surface area contributed by atoms with Crippen LogP contribution in [0.15, 0.2) is 121 Å². The second kappa shape index (κ2) is 16.8. The second-order valence-corrected chi connectivity index (χ2v) is 41.6. The molecule has 4 aromatic rings. The van der Waals surface area contributed by atoms with Gasteiger partial charge in [0.2, 0.25) is 0 Å². The minimum Gasteiger partial charge on any atom is -0.580 e. The number of benzene rings is 4. The molecule has 0 aliphatic carbocycles. The maximum absolute atomic E-state index is 5.54. The summed E-state index contributed by atoms with van der Waals surface area (Å²) in [4.78, 5) is 0. The van der Waals surface area contributed by atoms with Crippen molar-refractivity contribution < 1.29 is 8.82 Å². The molecule has 0 saturated carbocycles. The van der Waals surface area contributed by atoms with Gasteiger partial charge in [0.15, 0.2) is 0 Å². The first kappa shape index (κ1) is 41.5. The molecule has 0 spiro atoms. The standard InChI is InChI=1S/2C18H28N2PSi2.Be/c2*1-22(2,3)19-21(20-23(4,5)6,17-13-9-7-10-14-17)18-15-11-8-12-16-18;/h2*7-16H,1-6H3;/q2*-1;+2/p+2. The van der Waals surface area contributed by atoms with Crippen molar-refractivity contribution in [1.82, 2.24) is 0 Å². The van der Waals surface area contributed by atoms with Crippen molar-refractivity contribution in [1.29, 1.82) is 0 Å². The van der Waals surface area contributed by atoms with Gasteiger partial charge >= 0.3 is 26.6 Å². The minimum absolute atomic E-state index is 0. The summed E-state index contributed by atoms with van der Waals surface area (Å²) < 4.78 is 19.2. The molecule has 4 aromatic carbocycles. The summed E-state index contributed by atoms with van der Waals surface area (Å²) in [6.45, 7) is 28.2. The zero-order chi connectivity index (χ0) is 34.3. The van der Waals surface area contributed by atoms with Crippen LogP contribution in [0.2, 0.25) is 78.6 Å². The van der Waals surface area contributed by atoms with Gasteiger partial charge in [-0.1, -0.05) is 177 Å². The van der Waals surface area contributed by atoms with E-state index in [2.05, 4.69) is 209 Å². The average Bonchev–Trinajstić information content (AvgIpc) is 2.96. The van der Waals surface area contributed by atoms with Crippen molar-refractivity contribution in [3.05, 3.63) is 131 Å². The van der Waals surface area contributed by atoms with Crippen LogP contribution in [0.1, 0.15) is 0 Å². The maximum atomic E-state index is 5.54. The smallest absolute Gasteiger partial charge is 0.580 e. The van der Waals surface area contributed by atoms with Gasteiger partial charge in [0.05, 0.1) is 0 Å². The molecule has 0 unspecified atom stereocenters. The Kier molecular flexibility index (Phi) is 14.8. The molecule has 11 heteroatoms. The van der Waals surface area contributed by atoms with E-state index in [4.69, 9.17) is 9.51 Å². The fraction of sp³-hybridized carbons (Fsp3) is 0.333. The van der Waals surface area contributed by atoms with E-state index in [0.29, 0.717) is 0 Å². The molecule has 0 saturated heterocycles. The molecule has 0 heterocycles. The zero-order valence-electron chi connectivity index (χ0n) is 31.0. The van der Waals surface area contributed by atoms with Gasteiger partial charge in [-0.25, -0.2) is 0 Å². The average molecular weight is 730 g/mol. The van der Waals surface area contributed by atoms with Crippen LogP contribution in [0.4, 0.5) is 0 Å². The first-order chi connectivity index (χ1) is 21.2. The predicted molar refractivity (Wildman–Crippen MR) is 226 cm³/mol. The quantitative estimate of drug-likeness (QED) is 0.127. The number of nitrogens with zero attached hydrogens (tertiary/aromatic N) is 2. The summed E-state index contributed by atoms with van der Waals surface area (Å²) in [5.41, 5.74) is 0. The molecule has 4 nitrogen and oxygen atoms in total. The molecular formula is C36H58BeN4P2Si4+2. The Hall–Kier alpha value is -1.70.